The average Bonchev–Trinajstić information content (AvgIpc) is 2.96. The van der Waals surface area contributed by atoms with Crippen molar-refractivity contribution in [3.05, 3.63) is 53.9 Å². The van der Waals surface area contributed by atoms with E-state index in [1.54, 1.807) is 37.3 Å². The molecule has 1 aromatic heterocycles. The molecule has 0 aliphatic heterocycles. The van der Waals surface area contributed by atoms with E-state index in [1.807, 2.05) is 24.3 Å². The summed E-state index contributed by atoms with van der Waals surface area (Å²) in [6, 6.07) is 12.8. The van der Waals surface area contributed by atoms with E-state index in [2.05, 4.69) is 9.97 Å². The number of carbonyl (C=O) groups is 1. The Balaban J connectivity index is 1.79. The summed E-state index contributed by atoms with van der Waals surface area (Å²) in [5, 5.41) is 0. The number of amides is 1. The van der Waals surface area contributed by atoms with E-state index in [4.69, 9.17) is 10.5 Å². The number of nitrogens with zero attached hydrogens (tertiary/aromatic N) is 2. The second-order valence-corrected chi connectivity index (χ2v) is 5.32. The molecule has 0 atom stereocenters. The van der Waals surface area contributed by atoms with Crippen LogP contribution < -0.4 is 10.5 Å². The molecule has 3 rings (SSSR count). The second-order valence-electron chi connectivity index (χ2n) is 5.32. The Morgan fingerprint density at radius 3 is 2.78 bits per heavy atom. The zero-order valence-corrected chi connectivity index (χ0v) is 13.0. The first kappa shape index (κ1) is 14.9. The van der Waals surface area contributed by atoms with Crippen LogP contribution in [0.15, 0.2) is 42.5 Å². The number of anilines is 1. The Morgan fingerprint density at radius 1 is 1.30 bits per heavy atom. The number of carbonyl (C=O) groups excluding carboxylic acids is 1. The van der Waals surface area contributed by atoms with Crippen LogP contribution in [0.25, 0.3) is 11.0 Å². The SMILES string of the molecule is COc1ccc(C(=O)N(C)Cc2nc3ccccc3[nH]2)c(N)c1. The quantitative estimate of drug-likeness (QED) is 0.725. The highest BCUT2D eigenvalue weighted by Gasteiger charge is 2.16. The predicted octanol–water partition coefficient (Wildman–Crippen LogP) is 2.43. The number of para-hydroxylation sites is 2. The smallest absolute Gasteiger partial charge is 0.256 e. The van der Waals surface area contributed by atoms with Gasteiger partial charge >= 0.3 is 0 Å². The number of ether oxygens (including phenoxy) is 1. The van der Waals surface area contributed by atoms with Crippen molar-refractivity contribution < 1.29 is 9.53 Å². The average molecular weight is 310 g/mol. The number of imidazole rings is 1. The molecule has 0 spiro atoms. The number of methoxy groups -OCH3 is 1. The molecule has 0 bridgehead atoms. The molecule has 3 N–H and O–H groups in total. The number of aromatic nitrogens is 2. The largest absolute Gasteiger partial charge is 0.497 e. The van der Waals surface area contributed by atoms with Crippen molar-refractivity contribution in [1.82, 2.24) is 14.9 Å². The van der Waals surface area contributed by atoms with Gasteiger partial charge in [0.2, 0.25) is 0 Å². The molecule has 0 aliphatic rings. The summed E-state index contributed by atoms with van der Waals surface area (Å²) in [7, 11) is 3.28. The minimum Gasteiger partial charge on any atom is -0.497 e. The van der Waals surface area contributed by atoms with Gasteiger partial charge in [0.15, 0.2) is 0 Å². The summed E-state index contributed by atoms with van der Waals surface area (Å²) in [5.74, 6) is 1.19. The number of aromatic amines is 1. The van der Waals surface area contributed by atoms with E-state index >= 15 is 0 Å². The lowest BCUT2D eigenvalue weighted by Crippen LogP contribution is -2.27. The third-order valence-electron chi connectivity index (χ3n) is 3.66. The molecule has 3 aromatic rings. The summed E-state index contributed by atoms with van der Waals surface area (Å²) < 4.78 is 5.10. The molecule has 23 heavy (non-hydrogen) atoms. The number of H-pyrrole nitrogens is 1. The number of fused-ring (bicyclic) bond motifs is 1. The Kier molecular flexibility index (Phi) is 3.89. The second kappa shape index (κ2) is 6.00. The van der Waals surface area contributed by atoms with E-state index in [9.17, 15) is 4.79 Å². The normalized spacial score (nSPS) is 10.7. The van der Waals surface area contributed by atoms with Crippen molar-refractivity contribution in [3.63, 3.8) is 0 Å². The van der Waals surface area contributed by atoms with Crippen molar-refractivity contribution in [2.24, 2.45) is 0 Å². The highest BCUT2D eigenvalue weighted by Crippen LogP contribution is 2.21. The van der Waals surface area contributed by atoms with Gasteiger partial charge < -0.3 is 20.4 Å². The fourth-order valence-electron chi connectivity index (χ4n) is 2.45. The number of hydrogen-bond donors (Lipinski definition) is 2. The van der Waals surface area contributed by atoms with Gasteiger partial charge in [0.05, 0.1) is 30.3 Å². The highest BCUT2D eigenvalue weighted by atomic mass is 16.5. The van der Waals surface area contributed by atoms with E-state index in [0.717, 1.165) is 16.9 Å². The van der Waals surface area contributed by atoms with Crippen LogP contribution in [0.1, 0.15) is 16.2 Å². The maximum absolute atomic E-state index is 12.5. The molecular weight excluding hydrogens is 292 g/mol. The lowest BCUT2D eigenvalue weighted by Gasteiger charge is -2.17. The number of hydrogen-bond acceptors (Lipinski definition) is 4. The third-order valence-corrected chi connectivity index (χ3v) is 3.66. The van der Waals surface area contributed by atoms with Crippen molar-refractivity contribution in [2.75, 3.05) is 19.9 Å². The Labute approximate surface area is 133 Å². The topological polar surface area (TPSA) is 84.2 Å². The van der Waals surface area contributed by atoms with Gasteiger partial charge in [0.1, 0.15) is 11.6 Å². The van der Waals surface area contributed by atoms with Crippen LogP contribution in [0.5, 0.6) is 5.75 Å². The first-order chi connectivity index (χ1) is 11.1. The van der Waals surface area contributed by atoms with Crippen molar-refractivity contribution >= 4 is 22.6 Å². The summed E-state index contributed by atoms with van der Waals surface area (Å²) >= 11 is 0. The summed E-state index contributed by atoms with van der Waals surface area (Å²) in [6.07, 6.45) is 0. The number of nitrogens with one attached hydrogen (secondary N) is 1. The lowest BCUT2D eigenvalue weighted by molar-refractivity contribution is 0.0783. The monoisotopic (exact) mass is 310 g/mol. The zero-order valence-electron chi connectivity index (χ0n) is 13.0. The van der Waals surface area contributed by atoms with Crippen molar-refractivity contribution in [3.8, 4) is 5.75 Å². The Hall–Kier alpha value is -3.02. The number of benzene rings is 2. The van der Waals surface area contributed by atoms with Gasteiger partial charge in [-0.05, 0) is 24.3 Å². The lowest BCUT2D eigenvalue weighted by atomic mass is 10.1. The third kappa shape index (κ3) is 2.96. The van der Waals surface area contributed by atoms with E-state index < -0.39 is 0 Å². The van der Waals surface area contributed by atoms with Crippen molar-refractivity contribution in [1.29, 1.82) is 0 Å². The van der Waals surface area contributed by atoms with Crippen LogP contribution in [-0.2, 0) is 6.54 Å². The van der Waals surface area contributed by atoms with Gasteiger partial charge in [0.25, 0.3) is 5.91 Å². The minimum atomic E-state index is -0.161. The van der Waals surface area contributed by atoms with Gasteiger partial charge in [-0.1, -0.05) is 12.1 Å². The number of nitrogens with two attached hydrogens (primary N) is 1. The summed E-state index contributed by atoms with van der Waals surface area (Å²) in [5.41, 5.74) is 8.62. The fraction of sp³-hybridized carbons (Fsp3) is 0.176. The molecule has 6 heteroatoms. The van der Waals surface area contributed by atoms with Gasteiger partial charge in [-0.15, -0.1) is 0 Å². The molecule has 0 fully saturated rings. The Bertz CT molecular complexity index is 824. The molecule has 0 unspecified atom stereocenters. The molecule has 2 aromatic carbocycles. The summed E-state index contributed by atoms with van der Waals surface area (Å²) in [6.45, 7) is 0.374. The minimum absolute atomic E-state index is 0.161. The van der Waals surface area contributed by atoms with Crippen LogP contribution >= 0.6 is 0 Å². The summed E-state index contributed by atoms with van der Waals surface area (Å²) in [4.78, 5) is 21.8. The van der Waals surface area contributed by atoms with Crippen LogP contribution in [0.4, 0.5) is 5.69 Å². The molecule has 0 saturated heterocycles. The zero-order chi connectivity index (χ0) is 16.4. The van der Waals surface area contributed by atoms with Gasteiger partial charge in [-0.25, -0.2) is 4.98 Å². The molecule has 6 nitrogen and oxygen atoms in total. The fourth-order valence-corrected chi connectivity index (χ4v) is 2.45. The molecular formula is C17H18N4O2. The highest BCUT2D eigenvalue weighted by molar-refractivity contribution is 5.99. The van der Waals surface area contributed by atoms with E-state index in [-0.39, 0.29) is 5.91 Å². The molecule has 0 saturated carbocycles. The number of nitrogen functional groups attached to an aromatic ring is 1. The van der Waals surface area contributed by atoms with Crippen LogP contribution in [0, 0.1) is 0 Å². The predicted molar refractivity (Wildman–Crippen MR) is 89.3 cm³/mol. The van der Waals surface area contributed by atoms with Crippen LogP contribution in [0.3, 0.4) is 0 Å². The van der Waals surface area contributed by atoms with Crippen LogP contribution in [0.2, 0.25) is 0 Å². The van der Waals surface area contributed by atoms with Gasteiger partial charge in [-0.2, -0.15) is 0 Å². The van der Waals surface area contributed by atoms with Gasteiger partial charge in [0, 0.05) is 18.8 Å². The Morgan fingerprint density at radius 2 is 2.09 bits per heavy atom. The van der Waals surface area contributed by atoms with E-state index in [0.29, 0.717) is 23.5 Å². The maximum atomic E-state index is 12.5. The standard InChI is InChI=1S/C17H18N4O2/c1-21(10-16-19-14-5-3-4-6-15(14)20-16)17(22)12-8-7-11(23-2)9-13(12)18/h3-9H,10,18H2,1-2H3,(H,19,20). The first-order valence-electron chi connectivity index (χ1n) is 7.21. The van der Waals surface area contributed by atoms with E-state index in [1.165, 1.54) is 0 Å². The molecule has 0 radical (unpaired) electrons. The molecule has 118 valence electrons. The number of rotatable bonds is 4. The molecule has 1 amide bonds. The first-order valence-corrected chi connectivity index (χ1v) is 7.21. The molecule has 1 heterocycles. The van der Waals surface area contributed by atoms with Gasteiger partial charge in [-0.3, -0.25) is 4.79 Å². The maximum Gasteiger partial charge on any atom is 0.256 e. The van der Waals surface area contributed by atoms with Crippen LogP contribution in [-0.4, -0.2) is 34.9 Å². The van der Waals surface area contributed by atoms with Crippen molar-refractivity contribution in [2.45, 2.75) is 6.54 Å². The molecule has 0 aliphatic carbocycles.